The van der Waals surface area contributed by atoms with Crippen LogP contribution < -0.4 is 0 Å². The molecule has 0 bridgehead atoms. The number of rotatable bonds is 4. The fourth-order valence-electron chi connectivity index (χ4n) is 1.42. The van der Waals surface area contributed by atoms with Crippen LogP contribution in [0.3, 0.4) is 0 Å². The van der Waals surface area contributed by atoms with Gasteiger partial charge in [0.15, 0.2) is 0 Å². The Morgan fingerprint density at radius 2 is 2.50 bits per heavy atom. The van der Waals surface area contributed by atoms with E-state index in [2.05, 4.69) is 13.0 Å². The van der Waals surface area contributed by atoms with E-state index >= 15 is 0 Å². The lowest BCUT2D eigenvalue weighted by molar-refractivity contribution is -0.144. The molecule has 0 fully saturated rings. The number of esters is 1. The van der Waals surface area contributed by atoms with Crippen molar-refractivity contribution in [2.24, 2.45) is 5.92 Å². The van der Waals surface area contributed by atoms with Gasteiger partial charge < -0.3 is 9.47 Å². The molecule has 1 aliphatic rings. The summed E-state index contributed by atoms with van der Waals surface area (Å²) in [6, 6.07) is 0. The van der Waals surface area contributed by atoms with Gasteiger partial charge in [0.25, 0.3) is 0 Å². The molecule has 80 valence electrons. The molecule has 3 nitrogen and oxygen atoms in total. The zero-order chi connectivity index (χ0) is 10.4. The second-order valence-corrected chi connectivity index (χ2v) is 3.54. The molecule has 0 N–H and O–H groups in total. The second-order valence-electron chi connectivity index (χ2n) is 3.54. The first-order chi connectivity index (χ1) is 6.74. The maximum Gasteiger partial charge on any atom is 0.305 e. The van der Waals surface area contributed by atoms with E-state index in [-0.39, 0.29) is 5.97 Å². The summed E-state index contributed by atoms with van der Waals surface area (Å²) in [6.07, 6.45) is 3.51. The summed E-state index contributed by atoms with van der Waals surface area (Å²) in [6.45, 7) is 5.87. The van der Waals surface area contributed by atoms with Gasteiger partial charge in [-0.25, -0.2) is 0 Å². The van der Waals surface area contributed by atoms with Crippen molar-refractivity contribution >= 4 is 5.97 Å². The van der Waals surface area contributed by atoms with Crippen LogP contribution in [0.5, 0.6) is 0 Å². The first-order valence-electron chi connectivity index (χ1n) is 5.16. The van der Waals surface area contributed by atoms with Gasteiger partial charge in [0.2, 0.25) is 0 Å². The summed E-state index contributed by atoms with van der Waals surface area (Å²) < 4.78 is 10.3. The minimum atomic E-state index is -0.121. The lowest BCUT2D eigenvalue weighted by Gasteiger charge is -2.19. The highest BCUT2D eigenvalue weighted by atomic mass is 16.5. The molecule has 0 amide bonds. The number of carbonyl (C=O) groups excluding carboxylic acids is 1. The lowest BCUT2D eigenvalue weighted by Crippen LogP contribution is -2.16. The van der Waals surface area contributed by atoms with E-state index in [9.17, 15) is 4.79 Å². The zero-order valence-corrected chi connectivity index (χ0v) is 8.91. The summed E-state index contributed by atoms with van der Waals surface area (Å²) >= 11 is 0. The fourth-order valence-corrected chi connectivity index (χ4v) is 1.42. The monoisotopic (exact) mass is 198 g/mol. The van der Waals surface area contributed by atoms with E-state index in [0.717, 1.165) is 13.0 Å². The van der Waals surface area contributed by atoms with Crippen molar-refractivity contribution in [3.8, 4) is 0 Å². The maximum atomic E-state index is 10.9. The van der Waals surface area contributed by atoms with Crippen LogP contribution in [0.25, 0.3) is 0 Å². The van der Waals surface area contributed by atoms with Crippen molar-refractivity contribution < 1.29 is 14.3 Å². The molecule has 1 aliphatic heterocycles. The average molecular weight is 198 g/mol. The van der Waals surface area contributed by atoms with E-state index in [4.69, 9.17) is 9.47 Å². The van der Waals surface area contributed by atoms with E-state index in [1.165, 1.54) is 5.57 Å². The quantitative estimate of drug-likeness (QED) is 0.511. The van der Waals surface area contributed by atoms with Crippen molar-refractivity contribution in [1.82, 2.24) is 0 Å². The third-order valence-electron chi connectivity index (χ3n) is 2.41. The molecule has 0 aliphatic carbocycles. The molecule has 0 aromatic rings. The van der Waals surface area contributed by atoms with Gasteiger partial charge in [-0.2, -0.15) is 0 Å². The van der Waals surface area contributed by atoms with Gasteiger partial charge >= 0.3 is 5.97 Å². The van der Waals surface area contributed by atoms with Gasteiger partial charge in [-0.1, -0.05) is 25.5 Å². The summed E-state index contributed by atoms with van der Waals surface area (Å²) in [7, 11) is 0. The SMILES string of the molecule is CCC(=O)OCC(C)C1=CCOCC1. The summed E-state index contributed by atoms with van der Waals surface area (Å²) in [4.78, 5) is 10.9. The topological polar surface area (TPSA) is 35.5 Å². The molecule has 0 radical (unpaired) electrons. The van der Waals surface area contributed by atoms with Gasteiger partial charge in [-0.15, -0.1) is 0 Å². The highest BCUT2D eigenvalue weighted by molar-refractivity contribution is 5.68. The van der Waals surface area contributed by atoms with E-state index in [1.807, 2.05) is 0 Å². The third-order valence-corrected chi connectivity index (χ3v) is 2.41. The van der Waals surface area contributed by atoms with Crippen LogP contribution in [0.1, 0.15) is 26.7 Å². The van der Waals surface area contributed by atoms with Gasteiger partial charge in [0.1, 0.15) is 0 Å². The molecular weight excluding hydrogens is 180 g/mol. The van der Waals surface area contributed by atoms with Gasteiger partial charge in [-0.3, -0.25) is 4.79 Å². The summed E-state index contributed by atoms with van der Waals surface area (Å²) in [5, 5.41) is 0. The molecule has 14 heavy (non-hydrogen) atoms. The Labute approximate surface area is 85.1 Å². The number of carbonyl (C=O) groups is 1. The van der Waals surface area contributed by atoms with Crippen LogP contribution in [0.15, 0.2) is 11.6 Å². The van der Waals surface area contributed by atoms with Crippen LogP contribution in [0.2, 0.25) is 0 Å². The highest BCUT2D eigenvalue weighted by Gasteiger charge is 2.13. The predicted octanol–water partition coefficient (Wildman–Crippen LogP) is 1.92. The molecule has 0 saturated heterocycles. The smallest absolute Gasteiger partial charge is 0.305 e. The molecule has 0 saturated carbocycles. The molecule has 1 atom stereocenters. The third kappa shape index (κ3) is 3.50. The second kappa shape index (κ2) is 5.81. The van der Waals surface area contributed by atoms with Crippen molar-refractivity contribution in [2.75, 3.05) is 19.8 Å². The predicted molar refractivity (Wildman–Crippen MR) is 53.9 cm³/mol. The highest BCUT2D eigenvalue weighted by Crippen LogP contribution is 2.18. The standard InChI is InChI=1S/C11H18O3/c1-3-11(12)14-8-9(2)10-4-6-13-7-5-10/h4,9H,3,5-8H2,1-2H3. The van der Waals surface area contributed by atoms with E-state index in [1.54, 1.807) is 6.92 Å². The molecule has 1 heterocycles. The number of hydrogen-bond donors (Lipinski definition) is 0. The minimum absolute atomic E-state index is 0.121. The van der Waals surface area contributed by atoms with Crippen molar-refractivity contribution in [2.45, 2.75) is 26.7 Å². The Balaban J connectivity index is 2.30. The fraction of sp³-hybridized carbons (Fsp3) is 0.727. The Morgan fingerprint density at radius 1 is 1.71 bits per heavy atom. The Kier molecular flexibility index (Phi) is 4.66. The first-order valence-corrected chi connectivity index (χ1v) is 5.16. The molecule has 0 spiro atoms. The van der Waals surface area contributed by atoms with Crippen LogP contribution in [-0.2, 0) is 14.3 Å². The normalized spacial score (nSPS) is 18.6. The summed E-state index contributed by atoms with van der Waals surface area (Å²) in [5.41, 5.74) is 1.35. The van der Waals surface area contributed by atoms with Gasteiger partial charge in [-0.05, 0) is 6.42 Å². The Morgan fingerprint density at radius 3 is 3.07 bits per heavy atom. The van der Waals surface area contributed by atoms with Crippen molar-refractivity contribution in [3.05, 3.63) is 11.6 Å². The van der Waals surface area contributed by atoms with Crippen molar-refractivity contribution in [1.29, 1.82) is 0 Å². The van der Waals surface area contributed by atoms with E-state index < -0.39 is 0 Å². The molecule has 0 aromatic heterocycles. The lowest BCUT2D eigenvalue weighted by atomic mass is 9.98. The zero-order valence-electron chi connectivity index (χ0n) is 8.91. The number of hydrogen-bond acceptors (Lipinski definition) is 3. The summed E-state index contributed by atoms with van der Waals surface area (Å²) in [5.74, 6) is 0.207. The van der Waals surface area contributed by atoms with Crippen LogP contribution in [-0.4, -0.2) is 25.8 Å². The average Bonchev–Trinajstić information content (AvgIpc) is 2.26. The van der Waals surface area contributed by atoms with Crippen LogP contribution in [0, 0.1) is 5.92 Å². The minimum Gasteiger partial charge on any atom is -0.465 e. The Hall–Kier alpha value is -0.830. The molecule has 0 aromatic carbocycles. The molecule has 1 unspecified atom stereocenters. The Bertz CT molecular complexity index is 221. The van der Waals surface area contributed by atoms with E-state index in [0.29, 0.717) is 25.6 Å². The molecular formula is C11H18O3. The van der Waals surface area contributed by atoms with Crippen molar-refractivity contribution in [3.63, 3.8) is 0 Å². The van der Waals surface area contributed by atoms with Gasteiger partial charge in [0, 0.05) is 12.3 Å². The molecule has 3 heteroatoms. The number of ether oxygens (including phenoxy) is 2. The van der Waals surface area contributed by atoms with Gasteiger partial charge in [0.05, 0.1) is 19.8 Å². The molecule has 1 rings (SSSR count). The van der Waals surface area contributed by atoms with Crippen LogP contribution in [0.4, 0.5) is 0 Å². The van der Waals surface area contributed by atoms with Crippen LogP contribution >= 0.6 is 0 Å². The maximum absolute atomic E-state index is 10.9. The largest absolute Gasteiger partial charge is 0.465 e. The first kappa shape index (κ1) is 11.2.